The van der Waals surface area contributed by atoms with E-state index >= 15 is 0 Å². The van der Waals surface area contributed by atoms with E-state index in [1.54, 1.807) is 38.5 Å². The van der Waals surface area contributed by atoms with E-state index in [-0.39, 0.29) is 23.9 Å². The van der Waals surface area contributed by atoms with E-state index in [0.29, 0.717) is 58.8 Å². The summed E-state index contributed by atoms with van der Waals surface area (Å²) in [7, 11) is 3.12. The number of methoxy groups -OCH3 is 2. The lowest BCUT2D eigenvalue weighted by molar-refractivity contribution is -0.135. The summed E-state index contributed by atoms with van der Waals surface area (Å²) in [4.78, 5) is 25.7. The Balaban J connectivity index is 1.41. The lowest BCUT2D eigenvalue weighted by Crippen LogP contribution is -2.21. The largest absolute Gasteiger partial charge is 0.493 e. The molecule has 0 radical (unpaired) electrons. The number of allylic oxidation sites excluding steroid dienone is 1. The number of ether oxygens (including phenoxy) is 6. The van der Waals surface area contributed by atoms with Crippen molar-refractivity contribution in [2.24, 2.45) is 0 Å². The molecule has 0 fully saturated rings. The van der Waals surface area contributed by atoms with Crippen LogP contribution in [-0.4, -0.2) is 39.2 Å². The molecule has 0 amide bonds. The number of benzene rings is 3. The molecule has 0 saturated carbocycles. The molecule has 36 heavy (non-hydrogen) atoms. The second kappa shape index (κ2) is 8.64. The highest BCUT2D eigenvalue weighted by Gasteiger charge is 2.38. The molecule has 8 nitrogen and oxygen atoms in total. The first-order valence-corrected chi connectivity index (χ1v) is 11.5. The number of ketones is 1. The minimum Gasteiger partial charge on any atom is -0.493 e. The van der Waals surface area contributed by atoms with Crippen LogP contribution in [0.5, 0.6) is 34.5 Å². The van der Waals surface area contributed by atoms with Crippen LogP contribution in [-0.2, 0) is 4.79 Å². The molecule has 3 heterocycles. The van der Waals surface area contributed by atoms with Crippen molar-refractivity contribution in [3.63, 3.8) is 0 Å². The molecule has 0 saturated heterocycles. The Bertz CT molecular complexity index is 1440. The number of carbonyl (C=O) groups excluding carboxylic acids is 2. The molecule has 3 aromatic rings. The lowest BCUT2D eigenvalue weighted by Gasteiger charge is -2.26. The van der Waals surface area contributed by atoms with Gasteiger partial charge in [-0.15, -0.1) is 0 Å². The Morgan fingerprint density at radius 3 is 2.42 bits per heavy atom. The van der Waals surface area contributed by atoms with Crippen LogP contribution >= 0.6 is 0 Å². The minimum absolute atomic E-state index is 0.0949. The minimum atomic E-state index is -0.391. The first-order valence-electron chi connectivity index (χ1n) is 11.5. The van der Waals surface area contributed by atoms with Crippen molar-refractivity contribution in [1.29, 1.82) is 0 Å². The van der Waals surface area contributed by atoms with E-state index in [1.807, 2.05) is 30.3 Å². The van der Waals surface area contributed by atoms with Gasteiger partial charge < -0.3 is 28.4 Å². The summed E-state index contributed by atoms with van der Waals surface area (Å²) in [6.45, 7) is 0.970. The van der Waals surface area contributed by atoms with Crippen molar-refractivity contribution < 1.29 is 38.0 Å². The van der Waals surface area contributed by atoms with Crippen molar-refractivity contribution in [1.82, 2.24) is 0 Å². The van der Waals surface area contributed by atoms with Crippen LogP contribution in [0, 0.1) is 0 Å². The van der Waals surface area contributed by atoms with Crippen molar-refractivity contribution in [3.8, 4) is 34.5 Å². The molecule has 3 aliphatic rings. The Morgan fingerprint density at radius 1 is 0.833 bits per heavy atom. The first-order chi connectivity index (χ1) is 17.6. The van der Waals surface area contributed by atoms with Gasteiger partial charge in [-0.3, -0.25) is 9.59 Å². The van der Waals surface area contributed by atoms with Gasteiger partial charge in [0.1, 0.15) is 24.7 Å². The van der Waals surface area contributed by atoms with Crippen LogP contribution in [0.2, 0.25) is 0 Å². The van der Waals surface area contributed by atoms with Gasteiger partial charge in [0, 0.05) is 11.5 Å². The van der Waals surface area contributed by atoms with Crippen molar-refractivity contribution in [3.05, 3.63) is 76.5 Å². The van der Waals surface area contributed by atoms with Crippen LogP contribution in [0.4, 0.5) is 0 Å². The van der Waals surface area contributed by atoms with Gasteiger partial charge in [-0.25, -0.2) is 0 Å². The highest BCUT2D eigenvalue weighted by molar-refractivity contribution is 6.15. The molecule has 0 aromatic heterocycles. The number of esters is 1. The molecular formula is C28H22O8. The Kier molecular flexibility index (Phi) is 5.29. The van der Waals surface area contributed by atoms with Crippen LogP contribution < -0.4 is 28.4 Å². The zero-order valence-electron chi connectivity index (χ0n) is 19.7. The molecule has 182 valence electrons. The van der Waals surface area contributed by atoms with Gasteiger partial charge in [0.05, 0.1) is 26.2 Å². The second-order valence-electron chi connectivity index (χ2n) is 8.54. The number of rotatable bonds is 4. The smallest absolute Gasteiger partial charge is 0.312 e. The van der Waals surface area contributed by atoms with Gasteiger partial charge in [0.2, 0.25) is 5.78 Å². The molecule has 6 rings (SSSR count). The molecule has 1 atom stereocenters. The van der Waals surface area contributed by atoms with Gasteiger partial charge >= 0.3 is 5.97 Å². The fourth-order valence-electron chi connectivity index (χ4n) is 4.76. The topological polar surface area (TPSA) is 89.5 Å². The predicted octanol–water partition coefficient (Wildman–Crippen LogP) is 4.53. The maximum Gasteiger partial charge on any atom is 0.312 e. The average molecular weight is 486 g/mol. The quantitative estimate of drug-likeness (QED) is 0.302. The van der Waals surface area contributed by atoms with E-state index in [4.69, 9.17) is 28.4 Å². The third kappa shape index (κ3) is 3.62. The SMILES string of the molecule is COc1ccc(C2CC(=O)Oc3ccc4c(c32)OC(=Cc2ccc3c(c2)OCCO3)C4=O)cc1OC. The van der Waals surface area contributed by atoms with E-state index in [1.165, 1.54) is 0 Å². The van der Waals surface area contributed by atoms with E-state index in [2.05, 4.69) is 0 Å². The van der Waals surface area contributed by atoms with Gasteiger partial charge in [0.25, 0.3) is 0 Å². The van der Waals surface area contributed by atoms with Gasteiger partial charge in [-0.2, -0.15) is 0 Å². The Labute approximate surface area is 206 Å². The van der Waals surface area contributed by atoms with Crippen LogP contribution in [0.15, 0.2) is 54.3 Å². The van der Waals surface area contributed by atoms with Crippen LogP contribution in [0.1, 0.15) is 39.4 Å². The summed E-state index contributed by atoms with van der Waals surface area (Å²) in [5.41, 5.74) is 2.63. The summed E-state index contributed by atoms with van der Waals surface area (Å²) < 4.78 is 33.7. The van der Waals surface area contributed by atoms with Crippen molar-refractivity contribution in [2.75, 3.05) is 27.4 Å². The summed E-state index contributed by atoms with van der Waals surface area (Å²) in [5.74, 6) is 2.36. The van der Waals surface area contributed by atoms with Crippen molar-refractivity contribution >= 4 is 17.8 Å². The zero-order valence-corrected chi connectivity index (χ0v) is 19.7. The summed E-state index contributed by atoms with van der Waals surface area (Å²) in [5, 5.41) is 0. The van der Waals surface area contributed by atoms with Crippen LogP contribution in [0.3, 0.4) is 0 Å². The lowest BCUT2D eigenvalue weighted by atomic mass is 9.84. The van der Waals surface area contributed by atoms with Gasteiger partial charge in [0.15, 0.2) is 28.8 Å². The number of carbonyl (C=O) groups is 2. The monoisotopic (exact) mass is 486 g/mol. The fraction of sp³-hybridized carbons (Fsp3) is 0.214. The highest BCUT2D eigenvalue weighted by atomic mass is 16.6. The summed E-state index contributed by atoms with van der Waals surface area (Å²) >= 11 is 0. The molecule has 0 aliphatic carbocycles. The molecule has 0 N–H and O–H groups in total. The molecule has 0 bridgehead atoms. The second-order valence-corrected chi connectivity index (χ2v) is 8.54. The molecule has 3 aliphatic heterocycles. The van der Waals surface area contributed by atoms with Crippen molar-refractivity contribution in [2.45, 2.75) is 12.3 Å². The fourth-order valence-corrected chi connectivity index (χ4v) is 4.76. The Hall–Kier alpha value is -4.46. The molecule has 0 spiro atoms. The number of hydrogen-bond acceptors (Lipinski definition) is 8. The molecular weight excluding hydrogens is 464 g/mol. The highest BCUT2D eigenvalue weighted by Crippen LogP contribution is 2.50. The summed E-state index contributed by atoms with van der Waals surface area (Å²) in [6, 6.07) is 14.2. The third-order valence-electron chi connectivity index (χ3n) is 6.45. The maximum absolute atomic E-state index is 13.3. The predicted molar refractivity (Wildman–Crippen MR) is 128 cm³/mol. The van der Waals surface area contributed by atoms with Gasteiger partial charge in [-0.05, 0) is 53.6 Å². The molecule has 3 aromatic carbocycles. The van der Waals surface area contributed by atoms with Gasteiger partial charge in [-0.1, -0.05) is 12.1 Å². The zero-order chi connectivity index (χ0) is 24.8. The third-order valence-corrected chi connectivity index (χ3v) is 6.45. The summed E-state index contributed by atoms with van der Waals surface area (Å²) in [6.07, 6.45) is 1.77. The van der Waals surface area contributed by atoms with E-state index in [9.17, 15) is 9.59 Å². The average Bonchev–Trinajstić information content (AvgIpc) is 3.22. The maximum atomic E-state index is 13.3. The number of Topliss-reactive ketones (excluding diaryl/α,β-unsaturated/α-hetero) is 1. The number of fused-ring (bicyclic) bond motifs is 4. The molecule has 1 unspecified atom stereocenters. The normalized spacial score (nSPS) is 18.7. The standard InChI is InChI=1S/C28H22O8/c1-31-19-7-4-16(13-22(19)32-2)18-14-25(29)35-21-8-5-17-27(30)24(36-28(17)26(18)21)12-15-3-6-20-23(11-15)34-10-9-33-20/h3-8,11-13,18H,9-10,14H2,1-2H3. The van der Waals surface area contributed by atoms with Crippen LogP contribution in [0.25, 0.3) is 6.08 Å². The van der Waals surface area contributed by atoms with E-state index < -0.39 is 5.92 Å². The Morgan fingerprint density at radius 2 is 1.61 bits per heavy atom. The van der Waals surface area contributed by atoms with E-state index in [0.717, 1.165) is 11.1 Å². The number of hydrogen-bond donors (Lipinski definition) is 0. The molecule has 8 heteroatoms. The first kappa shape index (κ1) is 22.0.